The van der Waals surface area contributed by atoms with E-state index in [1.54, 1.807) is 0 Å². The highest BCUT2D eigenvalue weighted by atomic mass is 16.3. The molecule has 3 aromatic heterocycles. The van der Waals surface area contributed by atoms with E-state index in [4.69, 9.17) is 19.4 Å². The van der Waals surface area contributed by atoms with Crippen LogP contribution in [0.2, 0.25) is 0 Å². The molecule has 0 saturated heterocycles. The van der Waals surface area contributed by atoms with E-state index < -0.39 is 0 Å². The number of hydrogen-bond donors (Lipinski definition) is 0. The van der Waals surface area contributed by atoms with Crippen molar-refractivity contribution in [3.05, 3.63) is 182 Å². The maximum atomic E-state index is 6.38. The zero-order valence-corrected chi connectivity index (χ0v) is 29.0. The van der Waals surface area contributed by atoms with Crippen LogP contribution in [0.5, 0.6) is 0 Å². The summed E-state index contributed by atoms with van der Waals surface area (Å²) in [6, 6.07) is 63.5. The minimum absolute atomic E-state index is 0.571. The van der Waals surface area contributed by atoms with Crippen molar-refractivity contribution in [2.24, 2.45) is 0 Å². The van der Waals surface area contributed by atoms with Crippen LogP contribution < -0.4 is 0 Å². The Morgan fingerprint density at radius 3 is 1.72 bits per heavy atom. The molecule has 252 valence electrons. The van der Waals surface area contributed by atoms with Gasteiger partial charge in [0.1, 0.15) is 11.2 Å². The van der Waals surface area contributed by atoms with Crippen molar-refractivity contribution < 1.29 is 4.42 Å². The van der Waals surface area contributed by atoms with Gasteiger partial charge in [0.15, 0.2) is 17.5 Å². The van der Waals surface area contributed by atoms with Crippen molar-refractivity contribution in [2.75, 3.05) is 0 Å². The highest BCUT2D eigenvalue weighted by molar-refractivity contribution is 6.13. The lowest BCUT2D eigenvalue weighted by Gasteiger charge is -2.11. The lowest BCUT2D eigenvalue weighted by atomic mass is 10.0. The van der Waals surface area contributed by atoms with Crippen molar-refractivity contribution in [1.82, 2.24) is 19.5 Å². The number of furan rings is 1. The van der Waals surface area contributed by atoms with Gasteiger partial charge >= 0.3 is 0 Å². The molecule has 0 spiro atoms. The van der Waals surface area contributed by atoms with Gasteiger partial charge in [-0.3, -0.25) is 0 Å². The Kier molecular flexibility index (Phi) is 6.79. The van der Waals surface area contributed by atoms with Crippen LogP contribution in [0.1, 0.15) is 0 Å². The van der Waals surface area contributed by atoms with Crippen LogP contribution in [0.25, 0.3) is 105 Å². The summed E-state index contributed by atoms with van der Waals surface area (Å²) in [5, 5.41) is 7.10. The number of hydrogen-bond acceptors (Lipinski definition) is 4. The topological polar surface area (TPSA) is 56.7 Å². The minimum atomic E-state index is 0.571. The Hall–Kier alpha value is -7.37. The molecule has 0 atom stereocenters. The second-order valence-corrected chi connectivity index (χ2v) is 13.6. The smallest absolute Gasteiger partial charge is 0.167 e. The number of benzene rings is 8. The first-order chi connectivity index (χ1) is 26.7. The predicted octanol–water partition coefficient (Wildman–Crippen LogP) is 12.7. The Morgan fingerprint density at radius 1 is 0.370 bits per heavy atom. The van der Waals surface area contributed by atoms with Gasteiger partial charge in [-0.15, -0.1) is 0 Å². The molecule has 0 bridgehead atoms. The number of nitrogens with zero attached hydrogens (tertiary/aromatic N) is 4. The fourth-order valence-corrected chi connectivity index (χ4v) is 7.81. The van der Waals surface area contributed by atoms with Gasteiger partial charge in [0.2, 0.25) is 0 Å². The summed E-state index contributed by atoms with van der Waals surface area (Å²) >= 11 is 0. The molecule has 11 aromatic rings. The molecule has 0 amide bonds. The van der Waals surface area contributed by atoms with Crippen molar-refractivity contribution >= 4 is 54.5 Å². The largest absolute Gasteiger partial charge is 0.455 e. The average molecular weight is 691 g/mol. The van der Waals surface area contributed by atoms with E-state index in [2.05, 4.69) is 126 Å². The summed E-state index contributed by atoms with van der Waals surface area (Å²) in [5.41, 5.74) is 10.0. The normalized spacial score (nSPS) is 11.7. The SMILES string of the molecule is c1ccc(-c2nc(-c3ccc(-c4ccc(-n5c6ccccc6c6cc7ccccc7cc65)cc4)cc3)nc(-c3cccc4c3oc3ccccc34)n2)cc1. The predicted molar refractivity (Wildman–Crippen MR) is 221 cm³/mol. The number of fused-ring (bicyclic) bond motifs is 7. The van der Waals surface area contributed by atoms with Crippen LogP contribution >= 0.6 is 0 Å². The van der Waals surface area contributed by atoms with Crippen LogP contribution in [0, 0.1) is 0 Å². The van der Waals surface area contributed by atoms with Crippen molar-refractivity contribution in [1.29, 1.82) is 0 Å². The number of aromatic nitrogens is 4. The Morgan fingerprint density at radius 2 is 0.944 bits per heavy atom. The lowest BCUT2D eigenvalue weighted by molar-refractivity contribution is 0.669. The molecule has 11 rings (SSSR count). The molecule has 0 radical (unpaired) electrons. The summed E-state index contributed by atoms with van der Waals surface area (Å²) < 4.78 is 8.76. The Balaban J connectivity index is 0.977. The van der Waals surface area contributed by atoms with Crippen LogP contribution in [0.4, 0.5) is 0 Å². The summed E-state index contributed by atoms with van der Waals surface area (Å²) in [5.74, 6) is 1.79. The van der Waals surface area contributed by atoms with Crippen LogP contribution in [0.15, 0.2) is 186 Å². The van der Waals surface area contributed by atoms with Crippen LogP contribution in [-0.4, -0.2) is 19.5 Å². The van der Waals surface area contributed by atoms with E-state index >= 15 is 0 Å². The molecule has 0 aliphatic rings. The summed E-state index contributed by atoms with van der Waals surface area (Å²) in [6.45, 7) is 0. The van der Waals surface area contributed by atoms with E-state index in [1.807, 2.05) is 60.7 Å². The quantitative estimate of drug-likeness (QED) is 0.180. The maximum absolute atomic E-state index is 6.38. The third-order valence-corrected chi connectivity index (χ3v) is 10.5. The van der Waals surface area contributed by atoms with E-state index in [-0.39, 0.29) is 0 Å². The zero-order chi connectivity index (χ0) is 35.6. The highest BCUT2D eigenvalue weighted by Gasteiger charge is 2.18. The van der Waals surface area contributed by atoms with E-state index in [0.717, 1.165) is 55.4 Å². The van der Waals surface area contributed by atoms with Crippen LogP contribution in [0.3, 0.4) is 0 Å². The molecular weight excluding hydrogens is 661 g/mol. The Labute approximate surface area is 310 Å². The number of rotatable bonds is 5. The fraction of sp³-hybridized carbons (Fsp3) is 0. The molecule has 0 aliphatic heterocycles. The molecule has 5 nitrogen and oxygen atoms in total. The molecule has 8 aromatic carbocycles. The van der Waals surface area contributed by atoms with Gasteiger partial charge in [0, 0.05) is 38.4 Å². The molecule has 0 saturated carbocycles. The maximum Gasteiger partial charge on any atom is 0.167 e. The fourth-order valence-electron chi connectivity index (χ4n) is 7.81. The van der Waals surface area contributed by atoms with Gasteiger partial charge in [0.25, 0.3) is 0 Å². The van der Waals surface area contributed by atoms with Gasteiger partial charge in [-0.05, 0) is 64.4 Å². The molecule has 0 unspecified atom stereocenters. The summed E-state index contributed by atoms with van der Waals surface area (Å²) in [7, 11) is 0. The van der Waals surface area contributed by atoms with Gasteiger partial charge < -0.3 is 8.98 Å². The van der Waals surface area contributed by atoms with Gasteiger partial charge in [0.05, 0.1) is 16.6 Å². The second kappa shape index (κ2) is 12.1. The number of para-hydroxylation sites is 3. The molecule has 54 heavy (non-hydrogen) atoms. The first kappa shape index (κ1) is 30.3. The van der Waals surface area contributed by atoms with Gasteiger partial charge in [-0.25, -0.2) is 15.0 Å². The van der Waals surface area contributed by atoms with Gasteiger partial charge in [-0.1, -0.05) is 140 Å². The zero-order valence-electron chi connectivity index (χ0n) is 29.0. The van der Waals surface area contributed by atoms with Crippen LogP contribution in [-0.2, 0) is 0 Å². The summed E-state index contributed by atoms with van der Waals surface area (Å²) in [4.78, 5) is 15.0. The molecule has 5 heteroatoms. The van der Waals surface area contributed by atoms with Crippen molar-refractivity contribution in [2.45, 2.75) is 0 Å². The van der Waals surface area contributed by atoms with Crippen molar-refractivity contribution in [3.63, 3.8) is 0 Å². The summed E-state index contributed by atoms with van der Waals surface area (Å²) in [6.07, 6.45) is 0. The molecule has 0 N–H and O–H groups in total. The lowest BCUT2D eigenvalue weighted by Crippen LogP contribution is -2.00. The third kappa shape index (κ3) is 4.90. The minimum Gasteiger partial charge on any atom is -0.455 e. The molecular formula is C49H30N4O. The highest BCUT2D eigenvalue weighted by Crippen LogP contribution is 2.37. The molecule has 3 heterocycles. The van der Waals surface area contributed by atoms with Crippen molar-refractivity contribution in [3.8, 4) is 51.0 Å². The molecule has 0 aliphatic carbocycles. The standard InChI is InChI=1S/C49H30N4O/c1-2-11-33(12-3-1)47-50-48(52-49(51-47)41-18-10-17-40-39-16-7-9-20-45(39)54-46(40)41)34-23-21-31(22-24-34)32-25-27-37(28-26-32)53-43-19-8-6-15-38(43)42-29-35-13-4-5-14-36(35)30-44(42)53/h1-30H. The third-order valence-electron chi connectivity index (χ3n) is 10.5. The van der Waals surface area contributed by atoms with E-state index in [1.165, 1.54) is 32.6 Å². The van der Waals surface area contributed by atoms with E-state index in [9.17, 15) is 0 Å². The van der Waals surface area contributed by atoms with E-state index in [0.29, 0.717) is 17.5 Å². The first-order valence-electron chi connectivity index (χ1n) is 18.1. The van der Waals surface area contributed by atoms with Gasteiger partial charge in [-0.2, -0.15) is 0 Å². The second-order valence-electron chi connectivity index (χ2n) is 13.6. The average Bonchev–Trinajstić information content (AvgIpc) is 3.78. The first-order valence-corrected chi connectivity index (χ1v) is 18.1. The Bertz CT molecular complexity index is 3200. The molecule has 0 fully saturated rings. The monoisotopic (exact) mass is 690 g/mol.